The van der Waals surface area contributed by atoms with Crippen molar-refractivity contribution in [1.29, 1.82) is 0 Å². The summed E-state index contributed by atoms with van der Waals surface area (Å²) < 4.78 is 10.4. The lowest BCUT2D eigenvalue weighted by molar-refractivity contribution is -0.144. The Morgan fingerprint density at radius 2 is 2.00 bits per heavy atom. The first-order valence-electron chi connectivity index (χ1n) is 7.15. The van der Waals surface area contributed by atoms with Crippen molar-refractivity contribution in [1.82, 2.24) is 5.32 Å². The Morgan fingerprint density at radius 3 is 2.53 bits per heavy atom. The fraction of sp³-hybridized carbons (Fsp3) is 0.929. The van der Waals surface area contributed by atoms with Gasteiger partial charge < -0.3 is 19.9 Å². The number of aliphatic hydroxyl groups excluding tert-OH is 1. The van der Waals surface area contributed by atoms with E-state index in [1.165, 1.54) is 20.0 Å². The highest BCUT2D eigenvalue weighted by atomic mass is 16.5. The van der Waals surface area contributed by atoms with E-state index >= 15 is 0 Å². The first kappa shape index (κ1) is 16.4. The predicted octanol–water partition coefficient (Wildman–Crippen LogP) is 1.09. The van der Waals surface area contributed by atoms with Gasteiger partial charge in [-0.1, -0.05) is 26.7 Å². The topological polar surface area (TPSA) is 67.8 Å². The van der Waals surface area contributed by atoms with Gasteiger partial charge in [0, 0.05) is 6.54 Å². The summed E-state index contributed by atoms with van der Waals surface area (Å²) in [5, 5.41) is 12.9. The molecule has 5 heteroatoms. The third-order valence-electron chi connectivity index (χ3n) is 3.52. The van der Waals surface area contributed by atoms with E-state index in [1.54, 1.807) is 0 Å². The van der Waals surface area contributed by atoms with E-state index in [1.807, 2.05) is 13.8 Å². The molecular weight excluding hydrogens is 246 g/mol. The summed E-state index contributed by atoms with van der Waals surface area (Å²) in [4.78, 5) is 11.5. The second kappa shape index (κ2) is 8.51. The monoisotopic (exact) mass is 273 g/mol. The van der Waals surface area contributed by atoms with Crippen LogP contribution in [-0.2, 0) is 14.3 Å². The highest BCUT2D eigenvalue weighted by molar-refractivity contribution is 5.75. The minimum atomic E-state index is -0.591. The van der Waals surface area contributed by atoms with Crippen LogP contribution in [0.4, 0.5) is 0 Å². The molecule has 1 aliphatic carbocycles. The summed E-state index contributed by atoms with van der Waals surface area (Å²) >= 11 is 0. The number of methoxy groups -OCH3 is 1. The summed E-state index contributed by atoms with van der Waals surface area (Å²) in [6.45, 7) is 4.54. The van der Waals surface area contributed by atoms with Crippen LogP contribution in [0, 0.1) is 5.92 Å². The Labute approximate surface area is 115 Å². The quantitative estimate of drug-likeness (QED) is 0.648. The van der Waals surface area contributed by atoms with Gasteiger partial charge in [-0.15, -0.1) is 0 Å². The van der Waals surface area contributed by atoms with Crippen LogP contribution in [-0.4, -0.2) is 49.6 Å². The van der Waals surface area contributed by atoms with E-state index in [0.29, 0.717) is 19.3 Å². The van der Waals surface area contributed by atoms with Gasteiger partial charge in [0.2, 0.25) is 0 Å². The molecule has 0 aliphatic heterocycles. The number of carbonyl (C=O) groups excluding carboxylic acids is 1. The smallest absolute Gasteiger partial charge is 0.323 e. The van der Waals surface area contributed by atoms with Crippen LogP contribution >= 0.6 is 0 Å². The first-order valence-corrected chi connectivity index (χ1v) is 7.15. The lowest BCUT2D eigenvalue weighted by Crippen LogP contribution is -2.45. The molecule has 0 radical (unpaired) electrons. The van der Waals surface area contributed by atoms with Crippen molar-refractivity contribution in [2.45, 2.75) is 57.8 Å². The normalized spacial score (nSPS) is 19.6. The van der Waals surface area contributed by atoms with Crippen molar-refractivity contribution in [3.05, 3.63) is 0 Å². The van der Waals surface area contributed by atoms with Gasteiger partial charge in [0.05, 0.1) is 25.9 Å². The maximum Gasteiger partial charge on any atom is 0.323 e. The fourth-order valence-corrected chi connectivity index (χ4v) is 2.34. The molecule has 2 atom stereocenters. The first-order chi connectivity index (χ1) is 9.04. The van der Waals surface area contributed by atoms with Crippen LogP contribution in [0.2, 0.25) is 0 Å². The third kappa shape index (κ3) is 5.89. The van der Waals surface area contributed by atoms with E-state index < -0.39 is 6.10 Å². The van der Waals surface area contributed by atoms with Gasteiger partial charge in [0.15, 0.2) is 0 Å². The molecule has 0 amide bonds. The van der Waals surface area contributed by atoms with Crippen LogP contribution in [0.5, 0.6) is 0 Å². The molecule has 0 saturated heterocycles. The van der Waals surface area contributed by atoms with E-state index in [0.717, 1.165) is 12.8 Å². The van der Waals surface area contributed by atoms with Crippen molar-refractivity contribution < 1.29 is 19.4 Å². The second-order valence-corrected chi connectivity index (χ2v) is 5.55. The maximum absolute atomic E-state index is 11.5. The lowest BCUT2D eigenvalue weighted by Gasteiger charge is -2.22. The van der Waals surface area contributed by atoms with Crippen LogP contribution in [0.3, 0.4) is 0 Å². The van der Waals surface area contributed by atoms with E-state index in [9.17, 15) is 9.90 Å². The lowest BCUT2D eigenvalue weighted by atomic mass is 10.0. The van der Waals surface area contributed by atoms with Crippen molar-refractivity contribution in [3.8, 4) is 0 Å². The number of hydrogen-bond donors (Lipinski definition) is 2. The summed E-state index contributed by atoms with van der Waals surface area (Å²) in [5.74, 6) is -0.172. The zero-order valence-corrected chi connectivity index (χ0v) is 12.2. The van der Waals surface area contributed by atoms with E-state index in [-0.39, 0.29) is 17.9 Å². The average molecular weight is 273 g/mol. The predicted molar refractivity (Wildman–Crippen MR) is 72.9 cm³/mol. The molecule has 0 aromatic heterocycles. The van der Waals surface area contributed by atoms with Crippen LogP contribution < -0.4 is 5.32 Å². The minimum absolute atomic E-state index is 0.121. The zero-order valence-electron chi connectivity index (χ0n) is 12.2. The van der Waals surface area contributed by atoms with Crippen LogP contribution in [0.15, 0.2) is 0 Å². The molecule has 5 nitrogen and oxygen atoms in total. The Hall–Kier alpha value is -0.650. The number of nitrogens with one attached hydrogen (secondary N) is 1. The van der Waals surface area contributed by atoms with Gasteiger partial charge in [0.25, 0.3) is 0 Å². The number of carbonyl (C=O) groups is 1. The summed E-state index contributed by atoms with van der Waals surface area (Å²) in [6, 6.07) is -0.383. The molecule has 0 heterocycles. The molecule has 112 valence electrons. The standard InChI is InChI=1S/C14H27NO4/c1-10(2)13(14(17)18-3)15-8-11(16)9-19-12-6-4-5-7-12/h10-13,15-16H,4-9H2,1-3H3. The number of esters is 1. The summed E-state index contributed by atoms with van der Waals surface area (Å²) in [6.07, 6.45) is 4.34. The molecule has 1 fully saturated rings. The molecule has 0 spiro atoms. The van der Waals surface area contributed by atoms with E-state index in [2.05, 4.69) is 5.32 Å². The van der Waals surface area contributed by atoms with Crippen molar-refractivity contribution in [2.24, 2.45) is 5.92 Å². The van der Waals surface area contributed by atoms with Gasteiger partial charge in [-0.2, -0.15) is 0 Å². The van der Waals surface area contributed by atoms with Gasteiger partial charge in [-0.3, -0.25) is 4.79 Å². The number of hydrogen-bond acceptors (Lipinski definition) is 5. The molecule has 0 aromatic rings. The van der Waals surface area contributed by atoms with Crippen LogP contribution in [0.1, 0.15) is 39.5 Å². The molecule has 1 aliphatic rings. The van der Waals surface area contributed by atoms with E-state index in [4.69, 9.17) is 9.47 Å². The van der Waals surface area contributed by atoms with Crippen LogP contribution in [0.25, 0.3) is 0 Å². The van der Waals surface area contributed by atoms with Gasteiger partial charge in [-0.05, 0) is 18.8 Å². The maximum atomic E-state index is 11.5. The molecule has 0 bridgehead atoms. The number of rotatable bonds is 8. The molecule has 2 unspecified atom stereocenters. The summed E-state index contributed by atoms with van der Waals surface area (Å²) in [7, 11) is 1.37. The summed E-state index contributed by atoms with van der Waals surface area (Å²) in [5.41, 5.74) is 0. The molecular formula is C14H27NO4. The van der Waals surface area contributed by atoms with Gasteiger partial charge in [0.1, 0.15) is 6.04 Å². The largest absolute Gasteiger partial charge is 0.468 e. The zero-order chi connectivity index (χ0) is 14.3. The Morgan fingerprint density at radius 1 is 1.37 bits per heavy atom. The molecule has 2 N–H and O–H groups in total. The third-order valence-corrected chi connectivity index (χ3v) is 3.52. The second-order valence-electron chi connectivity index (χ2n) is 5.55. The van der Waals surface area contributed by atoms with Crippen molar-refractivity contribution in [2.75, 3.05) is 20.3 Å². The molecule has 0 aromatic carbocycles. The fourth-order valence-electron chi connectivity index (χ4n) is 2.34. The Kier molecular flexibility index (Phi) is 7.34. The highest BCUT2D eigenvalue weighted by Crippen LogP contribution is 2.20. The SMILES string of the molecule is COC(=O)C(NCC(O)COC1CCCC1)C(C)C. The molecule has 19 heavy (non-hydrogen) atoms. The molecule has 1 saturated carbocycles. The highest BCUT2D eigenvalue weighted by Gasteiger charge is 2.23. The minimum Gasteiger partial charge on any atom is -0.468 e. The van der Waals surface area contributed by atoms with Gasteiger partial charge in [-0.25, -0.2) is 0 Å². The Balaban J connectivity index is 2.22. The van der Waals surface area contributed by atoms with Gasteiger partial charge >= 0.3 is 5.97 Å². The molecule has 1 rings (SSSR count). The van der Waals surface area contributed by atoms with Crippen molar-refractivity contribution >= 4 is 5.97 Å². The number of ether oxygens (including phenoxy) is 2. The van der Waals surface area contributed by atoms with Crippen molar-refractivity contribution in [3.63, 3.8) is 0 Å². The number of aliphatic hydroxyl groups is 1. The Bertz CT molecular complexity index is 264. The average Bonchev–Trinajstić information content (AvgIpc) is 2.88.